The van der Waals surface area contributed by atoms with Gasteiger partial charge in [-0.3, -0.25) is 9.10 Å². The Morgan fingerprint density at radius 1 is 0.857 bits per heavy atom. The molecule has 0 aliphatic carbocycles. The number of anilines is 1. The van der Waals surface area contributed by atoms with Gasteiger partial charge in [-0.1, -0.05) is 48.5 Å². The molecule has 0 fully saturated rings. The second-order valence-corrected chi connectivity index (χ2v) is 11.8. The number of ether oxygens (including phenoxy) is 2. The van der Waals surface area contributed by atoms with E-state index in [1.807, 2.05) is 75.4 Å². The molecular weight excluding hydrogens is 550 g/mol. The molecule has 0 bridgehead atoms. The van der Waals surface area contributed by atoms with Gasteiger partial charge in [0.05, 0.1) is 31.3 Å². The number of hydrazone groups is 1. The van der Waals surface area contributed by atoms with E-state index in [-0.39, 0.29) is 12.5 Å². The molecule has 0 aromatic heterocycles. The predicted octanol–water partition coefficient (Wildman–Crippen LogP) is 6.01. The third-order valence-electron chi connectivity index (χ3n) is 6.61. The number of nitrogens with one attached hydrogen (secondary N) is 1. The zero-order chi connectivity index (χ0) is 30.1. The number of carbonyl (C=O) groups is 1. The van der Waals surface area contributed by atoms with Crippen LogP contribution in [0.25, 0.3) is 0 Å². The Kier molecular flexibility index (Phi) is 9.98. The lowest BCUT2D eigenvalue weighted by molar-refractivity contribution is 0.0955. The number of carbonyl (C=O) groups excluding carboxylic acids is 1. The van der Waals surface area contributed by atoms with Crippen LogP contribution in [0.15, 0.2) is 96.1 Å². The van der Waals surface area contributed by atoms with E-state index in [9.17, 15) is 13.2 Å². The summed E-state index contributed by atoms with van der Waals surface area (Å²) >= 11 is 0. The number of nitrogens with zero attached hydrogens (tertiary/aromatic N) is 2. The average molecular weight is 586 g/mol. The van der Waals surface area contributed by atoms with Crippen LogP contribution >= 0.6 is 0 Å². The van der Waals surface area contributed by atoms with Gasteiger partial charge < -0.3 is 9.47 Å². The van der Waals surface area contributed by atoms with Crippen molar-refractivity contribution in [2.24, 2.45) is 5.10 Å². The highest BCUT2D eigenvalue weighted by Crippen LogP contribution is 2.29. The number of benzene rings is 4. The summed E-state index contributed by atoms with van der Waals surface area (Å²) in [6.07, 6.45) is 2.72. The molecule has 4 rings (SSSR count). The second kappa shape index (κ2) is 13.8. The number of aryl methyl sites for hydroxylation is 2. The van der Waals surface area contributed by atoms with Crippen molar-refractivity contribution in [3.8, 4) is 11.5 Å². The van der Waals surface area contributed by atoms with Crippen molar-refractivity contribution >= 4 is 27.8 Å². The molecule has 1 amide bonds. The lowest BCUT2D eigenvalue weighted by atomic mass is 10.1. The van der Waals surface area contributed by atoms with Crippen LogP contribution in [0.5, 0.6) is 11.5 Å². The van der Waals surface area contributed by atoms with Crippen molar-refractivity contribution in [1.82, 2.24) is 5.43 Å². The van der Waals surface area contributed by atoms with Crippen LogP contribution in [0, 0.1) is 13.8 Å². The average Bonchev–Trinajstić information content (AvgIpc) is 2.97. The van der Waals surface area contributed by atoms with Gasteiger partial charge in [0.1, 0.15) is 6.61 Å². The number of hydrogen-bond donors (Lipinski definition) is 1. The van der Waals surface area contributed by atoms with E-state index in [1.165, 1.54) is 16.8 Å². The highest BCUT2D eigenvalue weighted by atomic mass is 32.2. The summed E-state index contributed by atoms with van der Waals surface area (Å²) in [6, 6.07) is 27.6. The van der Waals surface area contributed by atoms with Crippen LogP contribution < -0.4 is 19.2 Å². The van der Waals surface area contributed by atoms with E-state index in [2.05, 4.69) is 10.5 Å². The molecule has 0 aliphatic rings. The molecule has 4 aromatic carbocycles. The monoisotopic (exact) mass is 585 g/mol. The van der Waals surface area contributed by atoms with Gasteiger partial charge in [-0.2, -0.15) is 5.10 Å². The maximum absolute atomic E-state index is 12.7. The smallest absolute Gasteiger partial charge is 0.271 e. The Balaban J connectivity index is 1.38. The Morgan fingerprint density at radius 2 is 1.60 bits per heavy atom. The van der Waals surface area contributed by atoms with Crippen molar-refractivity contribution in [1.29, 1.82) is 0 Å². The van der Waals surface area contributed by atoms with Crippen LogP contribution in [0.3, 0.4) is 0 Å². The maximum Gasteiger partial charge on any atom is 0.271 e. The summed E-state index contributed by atoms with van der Waals surface area (Å²) in [7, 11) is -3.52. The molecule has 4 aromatic rings. The van der Waals surface area contributed by atoms with E-state index >= 15 is 0 Å². The van der Waals surface area contributed by atoms with Gasteiger partial charge in [-0.25, -0.2) is 13.8 Å². The molecule has 1 N–H and O–H groups in total. The van der Waals surface area contributed by atoms with Crippen LogP contribution in [-0.4, -0.2) is 33.4 Å². The van der Waals surface area contributed by atoms with E-state index in [1.54, 1.807) is 36.4 Å². The predicted molar refractivity (Wildman–Crippen MR) is 167 cm³/mol. The second-order valence-electron chi connectivity index (χ2n) is 9.85. The van der Waals surface area contributed by atoms with E-state index in [0.29, 0.717) is 36.0 Å². The molecule has 0 unspecified atom stereocenters. The molecule has 0 aliphatic heterocycles. The van der Waals surface area contributed by atoms with Crippen molar-refractivity contribution in [3.05, 3.63) is 124 Å². The first kappa shape index (κ1) is 30.3. The molecule has 9 heteroatoms. The summed E-state index contributed by atoms with van der Waals surface area (Å²) in [5.74, 6) is 0.817. The van der Waals surface area contributed by atoms with Gasteiger partial charge in [-0.15, -0.1) is 0 Å². The number of hydrogen-bond acceptors (Lipinski definition) is 6. The first-order valence-corrected chi connectivity index (χ1v) is 15.4. The Labute approximate surface area is 247 Å². The van der Waals surface area contributed by atoms with Crippen LogP contribution in [0.4, 0.5) is 5.69 Å². The first-order valence-electron chi connectivity index (χ1n) is 13.5. The SMILES string of the molecule is CCOc1cc(/C=N\NC(=O)c2ccc(CN(c3ccc(C)c(C)c3)S(C)(=O)=O)cc2)ccc1OCc1ccccc1. The van der Waals surface area contributed by atoms with Gasteiger partial charge >= 0.3 is 0 Å². The fraction of sp³-hybridized carbons (Fsp3) is 0.212. The summed E-state index contributed by atoms with van der Waals surface area (Å²) in [5.41, 5.74) is 8.15. The minimum Gasteiger partial charge on any atom is -0.490 e. The molecule has 0 atom stereocenters. The Bertz CT molecular complexity index is 1650. The third-order valence-corrected chi connectivity index (χ3v) is 7.75. The van der Waals surface area contributed by atoms with Crippen LogP contribution in [0.2, 0.25) is 0 Å². The molecule has 0 spiro atoms. The molecule has 8 nitrogen and oxygen atoms in total. The van der Waals surface area contributed by atoms with Crippen molar-refractivity contribution in [3.63, 3.8) is 0 Å². The first-order chi connectivity index (χ1) is 20.1. The van der Waals surface area contributed by atoms with Crippen molar-refractivity contribution in [2.45, 2.75) is 33.9 Å². The van der Waals surface area contributed by atoms with E-state index < -0.39 is 10.0 Å². The topological polar surface area (TPSA) is 97.3 Å². The Hall–Kier alpha value is -4.63. The lowest BCUT2D eigenvalue weighted by Crippen LogP contribution is -2.29. The molecule has 0 heterocycles. The summed E-state index contributed by atoms with van der Waals surface area (Å²) in [6.45, 7) is 6.87. The molecular formula is C33H35N3O5S. The summed E-state index contributed by atoms with van der Waals surface area (Å²) in [4.78, 5) is 12.7. The van der Waals surface area contributed by atoms with Crippen molar-refractivity contribution < 1.29 is 22.7 Å². The molecule has 0 saturated heterocycles. The fourth-order valence-electron chi connectivity index (χ4n) is 4.17. The minimum atomic E-state index is -3.52. The normalized spacial score (nSPS) is 11.3. The van der Waals surface area contributed by atoms with Gasteiger partial charge in [0.25, 0.3) is 5.91 Å². The van der Waals surface area contributed by atoms with Gasteiger partial charge in [0, 0.05) is 5.56 Å². The van der Waals surface area contributed by atoms with Crippen LogP contribution in [-0.2, 0) is 23.2 Å². The minimum absolute atomic E-state index is 0.147. The molecule has 42 heavy (non-hydrogen) atoms. The molecule has 0 radical (unpaired) electrons. The van der Waals surface area contributed by atoms with Crippen LogP contribution in [0.1, 0.15) is 45.1 Å². The van der Waals surface area contributed by atoms with Gasteiger partial charge in [-0.05, 0) is 91.1 Å². The zero-order valence-corrected chi connectivity index (χ0v) is 25.0. The standard InChI is InChI=1S/C33H35N3O5S/c1-5-40-32-20-28(14-18-31(32)41-23-27-9-7-6-8-10-27)21-34-35-33(37)29-15-12-26(13-16-29)22-36(42(4,38)39)30-17-11-24(2)25(3)19-30/h6-21H,5,22-23H2,1-4H3,(H,35,37)/b34-21-. The highest BCUT2D eigenvalue weighted by molar-refractivity contribution is 7.92. The van der Waals surface area contributed by atoms with Crippen molar-refractivity contribution in [2.75, 3.05) is 17.2 Å². The van der Waals surface area contributed by atoms with Gasteiger partial charge in [0.2, 0.25) is 10.0 Å². The molecule has 218 valence electrons. The third kappa shape index (κ3) is 8.20. The lowest BCUT2D eigenvalue weighted by Gasteiger charge is -2.23. The molecule has 0 saturated carbocycles. The van der Waals surface area contributed by atoms with E-state index in [0.717, 1.165) is 27.8 Å². The largest absolute Gasteiger partial charge is 0.490 e. The number of amides is 1. The number of rotatable bonds is 12. The zero-order valence-electron chi connectivity index (χ0n) is 24.2. The van der Waals surface area contributed by atoms with Gasteiger partial charge in [0.15, 0.2) is 11.5 Å². The summed E-state index contributed by atoms with van der Waals surface area (Å²) in [5, 5.41) is 4.09. The quantitative estimate of drug-likeness (QED) is 0.162. The maximum atomic E-state index is 12.7. The highest BCUT2D eigenvalue weighted by Gasteiger charge is 2.19. The van der Waals surface area contributed by atoms with E-state index in [4.69, 9.17) is 9.47 Å². The number of sulfonamides is 1. The Morgan fingerprint density at radius 3 is 2.26 bits per heavy atom. The fourth-order valence-corrected chi connectivity index (χ4v) is 5.05. The summed E-state index contributed by atoms with van der Waals surface area (Å²) < 4.78 is 38.1.